The van der Waals surface area contributed by atoms with Crippen molar-refractivity contribution in [3.05, 3.63) is 35.9 Å². The number of carbonyl (C=O) groups is 2. The van der Waals surface area contributed by atoms with Gasteiger partial charge in [-0.1, -0.05) is 30.3 Å². The lowest BCUT2D eigenvalue weighted by Crippen LogP contribution is -2.45. The number of hydrogen-bond donors (Lipinski definition) is 1. The lowest BCUT2D eigenvalue weighted by molar-refractivity contribution is -0.111. The van der Waals surface area contributed by atoms with E-state index in [2.05, 4.69) is 0 Å². The molecule has 0 aromatic heterocycles. The molecule has 0 saturated carbocycles. The topological polar surface area (TPSA) is 72.6 Å². The smallest absolute Gasteiger partial charge is 0.424 e. The summed E-state index contributed by atoms with van der Waals surface area (Å²) in [7, 11) is 0. The Labute approximate surface area is 106 Å². The van der Waals surface area contributed by atoms with Crippen molar-refractivity contribution in [2.75, 3.05) is 6.61 Å². The molecule has 0 aliphatic carbocycles. The van der Waals surface area contributed by atoms with Gasteiger partial charge >= 0.3 is 6.09 Å². The van der Waals surface area contributed by atoms with Crippen LogP contribution in [0.4, 0.5) is 4.79 Å². The number of rotatable bonds is 6. The van der Waals surface area contributed by atoms with Crippen LogP contribution in [0.2, 0.25) is 0 Å². The highest BCUT2D eigenvalue weighted by Gasteiger charge is 2.16. The number of nitrogens with two attached hydrogens (primary N) is 1. The normalized spacial score (nSPS) is 11.7. The van der Waals surface area contributed by atoms with E-state index in [0.717, 1.165) is 17.9 Å². The fourth-order valence-electron chi connectivity index (χ4n) is 1.39. The van der Waals surface area contributed by atoms with E-state index in [1.807, 2.05) is 30.3 Å². The second-order valence-electron chi connectivity index (χ2n) is 3.99. The van der Waals surface area contributed by atoms with Gasteiger partial charge in [-0.05, 0) is 25.3 Å². The van der Waals surface area contributed by atoms with Crippen molar-refractivity contribution >= 4 is 12.4 Å². The average Bonchev–Trinajstić information content (AvgIpc) is 2.42. The van der Waals surface area contributed by atoms with Crippen LogP contribution in [0.15, 0.2) is 30.3 Å². The number of ether oxygens (including phenoxy) is 1. The Hall–Kier alpha value is -1.88. The zero-order chi connectivity index (χ0) is 13.4. The molecule has 1 amide bonds. The molecule has 1 aromatic carbocycles. The number of hydrogen-bond acceptors (Lipinski definition) is 4. The zero-order valence-electron chi connectivity index (χ0n) is 10.4. The Morgan fingerprint density at radius 2 is 2.11 bits per heavy atom. The summed E-state index contributed by atoms with van der Waals surface area (Å²) in [5, 5.41) is 0.787. The minimum atomic E-state index is -0.678. The molecular formula is C13H18N2O3. The largest absolute Gasteiger partial charge is 0.448 e. The summed E-state index contributed by atoms with van der Waals surface area (Å²) < 4.78 is 4.95. The number of carbonyl (C=O) groups excluding carboxylic acids is 2. The summed E-state index contributed by atoms with van der Waals surface area (Å²) in [5.74, 6) is 5.39. The van der Waals surface area contributed by atoms with Gasteiger partial charge in [0.1, 0.15) is 12.3 Å². The monoisotopic (exact) mass is 250 g/mol. The predicted octanol–water partition coefficient (Wildman–Crippen LogP) is 1.52. The minimum absolute atomic E-state index is 0.285. The number of hydrazine groups is 1. The Morgan fingerprint density at radius 3 is 2.72 bits per heavy atom. The van der Waals surface area contributed by atoms with Gasteiger partial charge in [-0.3, -0.25) is 0 Å². The van der Waals surface area contributed by atoms with Crippen LogP contribution < -0.4 is 5.84 Å². The molecule has 18 heavy (non-hydrogen) atoms. The molecule has 0 saturated heterocycles. The van der Waals surface area contributed by atoms with Crippen molar-refractivity contribution in [3.8, 4) is 0 Å². The maximum Gasteiger partial charge on any atom is 0.424 e. The molecule has 2 N–H and O–H groups in total. The van der Waals surface area contributed by atoms with Crippen LogP contribution in [0.25, 0.3) is 0 Å². The van der Waals surface area contributed by atoms with Crippen molar-refractivity contribution in [1.29, 1.82) is 0 Å². The summed E-state index contributed by atoms with van der Waals surface area (Å²) in [6.45, 7) is 1.81. The third-order valence-corrected chi connectivity index (χ3v) is 2.52. The highest BCUT2D eigenvalue weighted by Crippen LogP contribution is 2.03. The Bertz CT molecular complexity index is 381. The van der Waals surface area contributed by atoms with Gasteiger partial charge in [-0.2, -0.15) is 0 Å². The first-order valence-corrected chi connectivity index (χ1v) is 5.85. The molecule has 1 rings (SSSR count). The van der Waals surface area contributed by atoms with Crippen LogP contribution in [0, 0.1) is 0 Å². The SMILES string of the molecule is CC(C=O)N(N)C(=O)OCCCc1ccccc1. The fraction of sp³-hybridized carbons (Fsp3) is 0.385. The van der Waals surface area contributed by atoms with Gasteiger partial charge in [-0.25, -0.2) is 15.6 Å². The molecule has 0 radical (unpaired) electrons. The summed E-state index contributed by atoms with van der Waals surface area (Å²) in [6.07, 6.45) is 1.47. The molecule has 1 unspecified atom stereocenters. The van der Waals surface area contributed by atoms with E-state index in [1.54, 1.807) is 0 Å². The molecule has 1 aromatic rings. The van der Waals surface area contributed by atoms with E-state index in [9.17, 15) is 9.59 Å². The van der Waals surface area contributed by atoms with Crippen molar-refractivity contribution in [2.24, 2.45) is 5.84 Å². The minimum Gasteiger partial charge on any atom is -0.448 e. The molecule has 0 heterocycles. The van der Waals surface area contributed by atoms with E-state index in [1.165, 1.54) is 12.5 Å². The van der Waals surface area contributed by atoms with Crippen molar-refractivity contribution in [3.63, 3.8) is 0 Å². The van der Waals surface area contributed by atoms with Crippen LogP contribution in [0.3, 0.4) is 0 Å². The molecule has 0 fully saturated rings. The van der Waals surface area contributed by atoms with Crippen LogP contribution in [0.1, 0.15) is 18.9 Å². The van der Waals surface area contributed by atoms with Gasteiger partial charge in [0.05, 0.1) is 6.61 Å². The standard InChI is InChI=1S/C13H18N2O3/c1-11(10-16)15(14)13(17)18-9-5-8-12-6-3-2-4-7-12/h2-4,6-7,10-11H,5,8-9,14H2,1H3. The van der Waals surface area contributed by atoms with Gasteiger partial charge in [0.2, 0.25) is 0 Å². The van der Waals surface area contributed by atoms with Crippen LogP contribution in [-0.2, 0) is 16.0 Å². The first-order valence-electron chi connectivity index (χ1n) is 5.85. The summed E-state index contributed by atoms with van der Waals surface area (Å²) in [6, 6.07) is 9.25. The second kappa shape index (κ2) is 7.45. The fourth-order valence-corrected chi connectivity index (χ4v) is 1.39. The Kier molecular flexibility index (Phi) is 5.87. The third-order valence-electron chi connectivity index (χ3n) is 2.52. The molecule has 0 aliphatic heterocycles. The molecule has 1 atom stereocenters. The first-order chi connectivity index (χ1) is 8.65. The Balaban J connectivity index is 2.22. The first kappa shape index (κ1) is 14.2. The van der Waals surface area contributed by atoms with Crippen molar-refractivity contribution in [2.45, 2.75) is 25.8 Å². The lowest BCUT2D eigenvalue weighted by atomic mass is 10.1. The quantitative estimate of drug-likeness (QED) is 0.273. The second-order valence-corrected chi connectivity index (χ2v) is 3.99. The maximum absolute atomic E-state index is 11.4. The number of nitrogens with zero attached hydrogens (tertiary/aromatic N) is 1. The van der Waals surface area contributed by atoms with E-state index >= 15 is 0 Å². The van der Waals surface area contributed by atoms with E-state index in [0.29, 0.717) is 6.29 Å². The van der Waals surface area contributed by atoms with Gasteiger partial charge in [0, 0.05) is 0 Å². The maximum atomic E-state index is 11.4. The van der Waals surface area contributed by atoms with Crippen LogP contribution in [-0.4, -0.2) is 30.0 Å². The van der Waals surface area contributed by atoms with Crippen LogP contribution >= 0.6 is 0 Å². The molecule has 0 aliphatic rings. The van der Waals surface area contributed by atoms with E-state index in [4.69, 9.17) is 10.6 Å². The van der Waals surface area contributed by atoms with E-state index in [-0.39, 0.29) is 6.61 Å². The van der Waals surface area contributed by atoms with Gasteiger partial charge in [0.25, 0.3) is 0 Å². The highest BCUT2D eigenvalue weighted by atomic mass is 16.6. The number of aryl methyl sites for hydroxylation is 1. The summed E-state index contributed by atoms with van der Waals surface area (Å²) >= 11 is 0. The van der Waals surface area contributed by atoms with Gasteiger partial charge in [-0.15, -0.1) is 0 Å². The molecular weight excluding hydrogens is 232 g/mol. The number of amides is 1. The zero-order valence-corrected chi connectivity index (χ0v) is 10.4. The van der Waals surface area contributed by atoms with Gasteiger partial charge in [0.15, 0.2) is 0 Å². The average molecular weight is 250 g/mol. The predicted molar refractivity (Wildman–Crippen MR) is 67.7 cm³/mol. The Morgan fingerprint density at radius 1 is 1.44 bits per heavy atom. The third kappa shape index (κ3) is 4.55. The molecule has 5 heteroatoms. The van der Waals surface area contributed by atoms with Crippen molar-refractivity contribution < 1.29 is 14.3 Å². The highest BCUT2D eigenvalue weighted by molar-refractivity contribution is 5.72. The number of benzene rings is 1. The van der Waals surface area contributed by atoms with Crippen molar-refractivity contribution in [1.82, 2.24) is 5.01 Å². The molecule has 98 valence electrons. The van der Waals surface area contributed by atoms with E-state index < -0.39 is 12.1 Å². The van der Waals surface area contributed by atoms with Crippen LogP contribution in [0.5, 0.6) is 0 Å². The molecule has 0 bridgehead atoms. The summed E-state index contributed by atoms with van der Waals surface area (Å²) in [5.41, 5.74) is 1.19. The molecule has 0 spiro atoms. The summed E-state index contributed by atoms with van der Waals surface area (Å²) in [4.78, 5) is 21.8. The number of aldehydes is 1. The van der Waals surface area contributed by atoms with Gasteiger partial charge < -0.3 is 9.53 Å². The molecule has 5 nitrogen and oxygen atoms in total. The lowest BCUT2D eigenvalue weighted by Gasteiger charge is -2.18.